The average Bonchev–Trinajstić information content (AvgIpc) is 2.61. The van der Waals surface area contributed by atoms with E-state index in [0.29, 0.717) is 0 Å². The number of fused-ring (bicyclic) bond motifs is 1. The summed E-state index contributed by atoms with van der Waals surface area (Å²) in [6.07, 6.45) is 0. The number of benzene rings is 1. The van der Waals surface area contributed by atoms with Crippen molar-refractivity contribution in [3.8, 4) is 0 Å². The van der Waals surface area contributed by atoms with Crippen molar-refractivity contribution in [1.82, 2.24) is 4.98 Å². The van der Waals surface area contributed by atoms with Gasteiger partial charge in [-0.1, -0.05) is 13.8 Å². The van der Waals surface area contributed by atoms with Gasteiger partial charge in [0.15, 0.2) is 0 Å². The minimum absolute atomic E-state index is 0.120. The molecule has 15 heavy (non-hydrogen) atoms. The molecule has 0 radical (unpaired) electrons. The third-order valence-electron chi connectivity index (χ3n) is 2.77. The number of hydrogen-bond acceptors (Lipinski definition) is 2. The molecule has 0 aliphatic heterocycles. The molecule has 0 fully saturated rings. The van der Waals surface area contributed by atoms with Gasteiger partial charge in [0.05, 0.1) is 6.61 Å². The summed E-state index contributed by atoms with van der Waals surface area (Å²) in [6, 6.07) is 7.81. The first-order valence-electron chi connectivity index (χ1n) is 5.02. The number of aromatic amines is 1. The fourth-order valence-electron chi connectivity index (χ4n) is 1.60. The van der Waals surface area contributed by atoms with Crippen molar-refractivity contribution in [2.24, 2.45) is 0 Å². The summed E-state index contributed by atoms with van der Waals surface area (Å²) in [5.41, 5.74) is 8.32. The van der Waals surface area contributed by atoms with Crippen LogP contribution in [0, 0.1) is 0 Å². The summed E-state index contributed by atoms with van der Waals surface area (Å²) < 4.78 is 0. The first-order valence-corrected chi connectivity index (χ1v) is 5.02. The molecule has 0 unspecified atom stereocenters. The average molecular weight is 204 g/mol. The van der Waals surface area contributed by atoms with E-state index in [1.165, 1.54) is 0 Å². The van der Waals surface area contributed by atoms with Crippen LogP contribution >= 0.6 is 0 Å². The van der Waals surface area contributed by atoms with Crippen LogP contribution in [0.5, 0.6) is 0 Å². The van der Waals surface area contributed by atoms with Crippen LogP contribution in [0.25, 0.3) is 10.9 Å². The zero-order valence-electron chi connectivity index (χ0n) is 9.04. The summed E-state index contributed by atoms with van der Waals surface area (Å²) in [5, 5.41) is 10.4. The molecule has 0 atom stereocenters. The third-order valence-corrected chi connectivity index (χ3v) is 2.77. The van der Waals surface area contributed by atoms with Crippen molar-refractivity contribution in [1.29, 1.82) is 0 Å². The van der Waals surface area contributed by atoms with E-state index in [1.54, 1.807) is 0 Å². The number of anilines is 1. The zero-order chi connectivity index (χ0) is 11.1. The zero-order valence-corrected chi connectivity index (χ0v) is 9.04. The molecule has 2 rings (SSSR count). The van der Waals surface area contributed by atoms with Crippen LogP contribution in [0.1, 0.15) is 19.5 Å². The lowest BCUT2D eigenvalue weighted by atomic mass is 9.91. The lowest BCUT2D eigenvalue weighted by Crippen LogP contribution is -2.22. The van der Waals surface area contributed by atoms with Crippen LogP contribution < -0.4 is 5.73 Å². The molecule has 0 saturated heterocycles. The van der Waals surface area contributed by atoms with Crippen molar-refractivity contribution in [2.45, 2.75) is 19.3 Å². The molecule has 1 heterocycles. The summed E-state index contributed by atoms with van der Waals surface area (Å²) >= 11 is 0. The molecule has 4 N–H and O–H groups in total. The molecule has 2 aromatic rings. The molecular formula is C12H16N2O. The minimum atomic E-state index is -0.242. The molecule has 0 aliphatic rings. The maximum atomic E-state index is 9.28. The summed E-state index contributed by atoms with van der Waals surface area (Å²) in [5.74, 6) is 0. The van der Waals surface area contributed by atoms with Crippen molar-refractivity contribution in [3.63, 3.8) is 0 Å². The number of aromatic nitrogens is 1. The van der Waals surface area contributed by atoms with Crippen LogP contribution in [0.15, 0.2) is 24.3 Å². The highest BCUT2D eigenvalue weighted by molar-refractivity contribution is 5.83. The van der Waals surface area contributed by atoms with E-state index in [2.05, 4.69) is 4.98 Å². The molecule has 80 valence electrons. The second-order valence-electron chi connectivity index (χ2n) is 4.57. The van der Waals surface area contributed by atoms with Gasteiger partial charge in [-0.05, 0) is 24.3 Å². The molecular weight excluding hydrogens is 188 g/mol. The number of rotatable bonds is 2. The SMILES string of the molecule is CC(C)(CO)c1cc2cc(N)ccc2[nH]1. The van der Waals surface area contributed by atoms with Gasteiger partial charge in [-0.25, -0.2) is 0 Å². The van der Waals surface area contributed by atoms with Gasteiger partial charge in [-0.15, -0.1) is 0 Å². The van der Waals surface area contributed by atoms with Gasteiger partial charge in [-0.2, -0.15) is 0 Å². The Hall–Kier alpha value is -1.48. The number of H-pyrrole nitrogens is 1. The number of nitrogen functional groups attached to an aromatic ring is 1. The Morgan fingerprint density at radius 2 is 2.07 bits per heavy atom. The van der Waals surface area contributed by atoms with Crippen LogP contribution in [0.2, 0.25) is 0 Å². The van der Waals surface area contributed by atoms with Gasteiger partial charge >= 0.3 is 0 Å². The molecule has 1 aromatic heterocycles. The van der Waals surface area contributed by atoms with Crippen LogP contribution in [-0.4, -0.2) is 16.7 Å². The number of hydrogen-bond donors (Lipinski definition) is 3. The Kier molecular flexibility index (Phi) is 2.20. The van der Waals surface area contributed by atoms with E-state index < -0.39 is 0 Å². The number of aliphatic hydroxyl groups is 1. The molecule has 0 aliphatic carbocycles. The predicted molar refractivity (Wildman–Crippen MR) is 62.8 cm³/mol. The number of nitrogens with two attached hydrogens (primary N) is 1. The van der Waals surface area contributed by atoms with E-state index >= 15 is 0 Å². The fraction of sp³-hybridized carbons (Fsp3) is 0.333. The number of aliphatic hydroxyl groups excluding tert-OH is 1. The van der Waals surface area contributed by atoms with Crippen molar-refractivity contribution < 1.29 is 5.11 Å². The Labute approximate surface area is 88.9 Å². The lowest BCUT2D eigenvalue weighted by Gasteiger charge is -2.19. The van der Waals surface area contributed by atoms with Gasteiger partial charge in [0, 0.05) is 27.7 Å². The van der Waals surface area contributed by atoms with E-state index in [1.807, 2.05) is 38.1 Å². The lowest BCUT2D eigenvalue weighted by molar-refractivity contribution is 0.216. The standard InChI is InChI=1S/C12H16N2O/c1-12(2,7-15)11-6-8-5-9(13)3-4-10(8)14-11/h3-6,14-15H,7,13H2,1-2H3. The summed E-state index contributed by atoms with van der Waals surface area (Å²) in [7, 11) is 0. The third kappa shape index (κ3) is 1.70. The highest BCUT2D eigenvalue weighted by atomic mass is 16.3. The molecule has 0 amide bonds. The first-order chi connectivity index (χ1) is 7.03. The van der Waals surface area contributed by atoms with Gasteiger partial charge in [0.2, 0.25) is 0 Å². The molecule has 0 bridgehead atoms. The maximum Gasteiger partial charge on any atom is 0.0536 e. The normalized spacial score (nSPS) is 12.2. The largest absolute Gasteiger partial charge is 0.399 e. The van der Waals surface area contributed by atoms with Crippen LogP contribution in [0.4, 0.5) is 5.69 Å². The summed E-state index contributed by atoms with van der Waals surface area (Å²) in [6.45, 7) is 4.12. The Morgan fingerprint density at radius 1 is 1.33 bits per heavy atom. The van der Waals surface area contributed by atoms with Crippen LogP contribution in [-0.2, 0) is 5.41 Å². The highest BCUT2D eigenvalue weighted by Gasteiger charge is 2.21. The summed E-state index contributed by atoms with van der Waals surface area (Å²) in [4.78, 5) is 3.30. The molecule has 3 nitrogen and oxygen atoms in total. The monoisotopic (exact) mass is 204 g/mol. The molecule has 1 aromatic carbocycles. The Balaban J connectivity index is 2.56. The Morgan fingerprint density at radius 3 is 2.73 bits per heavy atom. The second kappa shape index (κ2) is 3.28. The van der Waals surface area contributed by atoms with Crippen molar-refractivity contribution in [2.75, 3.05) is 12.3 Å². The Bertz CT molecular complexity index is 485. The van der Waals surface area contributed by atoms with Crippen molar-refractivity contribution >= 4 is 16.6 Å². The smallest absolute Gasteiger partial charge is 0.0536 e. The second-order valence-corrected chi connectivity index (χ2v) is 4.57. The fourth-order valence-corrected chi connectivity index (χ4v) is 1.60. The van der Waals surface area contributed by atoms with E-state index in [-0.39, 0.29) is 12.0 Å². The molecule has 0 saturated carbocycles. The van der Waals surface area contributed by atoms with E-state index in [0.717, 1.165) is 22.3 Å². The van der Waals surface area contributed by atoms with Gasteiger partial charge in [0.1, 0.15) is 0 Å². The van der Waals surface area contributed by atoms with Crippen molar-refractivity contribution in [3.05, 3.63) is 30.0 Å². The van der Waals surface area contributed by atoms with E-state index in [9.17, 15) is 5.11 Å². The minimum Gasteiger partial charge on any atom is -0.399 e. The van der Waals surface area contributed by atoms with Gasteiger partial charge < -0.3 is 15.8 Å². The van der Waals surface area contributed by atoms with Gasteiger partial charge in [-0.3, -0.25) is 0 Å². The van der Waals surface area contributed by atoms with Crippen LogP contribution in [0.3, 0.4) is 0 Å². The highest BCUT2D eigenvalue weighted by Crippen LogP contribution is 2.26. The quantitative estimate of drug-likeness (QED) is 0.655. The predicted octanol–water partition coefficient (Wildman–Crippen LogP) is 2.02. The molecule has 0 spiro atoms. The topological polar surface area (TPSA) is 62.0 Å². The van der Waals surface area contributed by atoms with Gasteiger partial charge in [0.25, 0.3) is 0 Å². The first kappa shape index (κ1) is 10.1. The number of nitrogens with one attached hydrogen (secondary N) is 1. The van der Waals surface area contributed by atoms with E-state index in [4.69, 9.17) is 5.73 Å². The molecule has 3 heteroatoms. The maximum absolute atomic E-state index is 9.28.